The zero-order valence-corrected chi connectivity index (χ0v) is 15.8. The van der Waals surface area contributed by atoms with Crippen molar-refractivity contribution in [1.29, 1.82) is 0 Å². The molecule has 8 nitrogen and oxygen atoms in total. The van der Waals surface area contributed by atoms with Gasteiger partial charge in [-0.15, -0.1) is 0 Å². The highest BCUT2D eigenvalue weighted by atomic mass is 16.5. The predicted molar refractivity (Wildman–Crippen MR) is 109 cm³/mol. The Hall–Kier alpha value is -4.20. The summed E-state index contributed by atoms with van der Waals surface area (Å²) in [5.74, 6) is -0.659. The number of hydrogen-bond donors (Lipinski definition) is 3. The van der Waals surface area contributed by atoms with Crippen LogP contribution >= 0.6 is 0 Å². The van der Waals surface area contributed by atoms with Crippen LogP contribution in [0.3, 0.4) is 0 Å². The molecule has 0 aliphatic carbocycles. The lowest BCUT2D eigenvalue weighted by molar-refractivity contribution is -0.122. The van der Waals surface area contributed by atoms with Crippen molar-refractivity contribution in [3.8, 4) is 5.75 Å². The van der Waals surface area contributed by atoms with Crippen molar-refractivity contribution in [2.24, 2.45) is 0 Å². The molecule has 3 amide bonds. The second-order valence-corrected chi connectivity index (χ2v) is 6.61. The van der Waals surface area contributed by atoms with Gasteiger partial charge in [-0.1, -0.05) is 30.3 Å². The van der Waals surface area contributed by atoms with Crippen molar-refractivity contribution in [3.63, 3.8) is 0 Å². The van der Waals surface area contributed by atoms with Crippen LogP contribution in [0.1, 0.15) is 26.4 Å². The van der Waals surface area contributed by atoms with Crippen molar-refractivity contribution < 1.29 is 19.1 Å². The fraction of sp³-hybridized carbons (Fsp3) is 0.0909. The number of pyridine rings is 1. The third-order valence-electron chi connectivity index (χ3n) is 4.52. The Morgan fingerprint density at radius 2 is 1.70 bits per heavy atom. The molecule has 0 saturated heterocycles. The van der Waals surface area contributed by atoms with Gasteiger partial charge in [0.05, 0.1) is 0 Å². The summed E-state index contributed by atoms with van der Waals surface area (Å²) in [5.41, 5.74) is 6.51. The lowest BCUT2D eigenvalue weighted by atomic mass is 10.1. The van der Waals surface area contributed by atoms with Crippen molar-refractivity contribution in [2.75, 3.05) is 5.32 Å². The Morgan fingerprint density at radius 3 is 2.50 bits per heavy atom. The van der Waals surface area contributed by atoms with Crippen molar-refractivity contribution in [2.45, 2.75) is 12.5 Å². The lowest BCUT2D eigenvalue weighted by Crippen LogP contribution is -2.42. The third-order valence-corrected chi connectivity index (χ3v) is 4.52. The Balaban J connectivity index is 1.35. The largest absolute Gasteiger partial charge is 0.480 e. The fourth-order valence-electron chi connectivity index (χ4n) is 3.04. The number of ether oxygens (including phenoxy) is 1. The molecule has 3 aromatic rings. The highest BCUT2D eigenvalue weighted by Gasteiger charge is 2.28. The van der Waals surface area contributed by atoms with Crippen molar-refractivity contribution >= 4 is 23.4 Å². The molecule has 3 N–H and O–H groups in total. The van der Waals surface area contributed by atoms with Gasteiger partial charge in [0, 0.05) is 23.9 Å². The molecule has 0 saturated carbocycles. The third kappa shape index (κ3) is 4.27. The van der Waals surface area contributed by atoms with Gasteiger partial charge < -0.3 is 10.1 Å². The highest BCUT2D eigenvalue weighted by Crippen LogP contribution is 2.28. The van der Waals surface area contributed by atoms with E-state index in [9.17, 15) is 14.4 Å². The average Bonchev–Trinajstić information content (AvgIpc) is 3.22. The summed E-state index contributed by atoms with van der Waals surface area (Å²) in [6.07, 6.45) is 1.34. The number of nitrogens with one attached hydrogen (secondary N) is 3. The van der Waals surface area contributed by atoms with Crippen LogP contribution in [-0.2, 0) is 11.2 Å². The van der Waals surface area contributed by atoms with Crippen LogP contribution in [0.5, 0.6) is 5.75 Å². The molecular formula is C22H18N4O4. The standard InChI is InChI=1S/C22H18N4O4/c27-20(25-26-21(28)17-9-3-4-11-23-17)15-7-5-8-16(12-15)24-22(29)19-13-14-6-1-2-10-18(14)30-19/h1-12,19H,13H2,(H,24,29)(H,25,27)(H,26,28). The molecule has 1 aliphatic heterocycles. The minimum absolute atomic E-state index is 0.177. The van der Waals surface area contributed by atoms with E-state index in [0.29, 0.717) is 17.9 Å². The molecule has 1 atom stereocenters. The molecule has 30 heavy (non-hydrogen) atoms. The van der Waals surface area contributed by atoms with Gasteiger partial charge in [-0.2, -0.15) is 0 Å². The fourth-order valence-corrected chi connectivity index (χ4v) is 3.04. The van der Waals surface area contributed by atoms with Gasteiger partial charge >= 0.3 is 0 Å². The van der Waals surface area contributed by atoms with Gasteiger partial charge in [0.2, 0.25) is 0 Å². The minimum Gasteiger partial charge on any atom is -0.480 e. The summed E-state index contributed by atoms with van der Waals surface area (Å²) in [5, 5.41) is 2.76. The number of aromatic nitrogens is 1. The van der Waals surface area contributed by atoms with E-state index in [4.69, 9.17) is 4.74 Å². The van der Waals surface area contributed by atoms with Crippen LogP contribution in [0.2, 0.25) is 0 Å². The van der Waals surface area contributed by atoms with E-state index in [-0.39, 0.29) is 17.2 Å². The van der Waals surface area contributed by atoms with E-state index in [1.165, 1.54) is 18.3 Å². The summed E-state index contributed by atoms with van der Waals surface area (Å²) in [6, 6.07) is 18.8. The van der Waals surface area contributed by atoms with Crippen LogP contribution in [0, 0.1) is 0 Å². The normalized spacial score (nSPS) is 14.2. The molecule has 0 fully saturated rings. The summed E-state index contributed by atoms with van der Waals surface area (Å²) < 4.78 is 5.68. The first kappa shape index (κ1) is 19.1. The minimum atomic E-state index is -0.627. The Morgan fingerprint density at radius 1 is 0.900 bits per heavy atom. The zero-order valence-electron chi connectivity index (χ0n) is 15.8. The number of para-hydroxylation sites is 1. The second kappa shape index (κ2) is 8.44. The van der Waals surface area contributed by atoms with Crippen molar-refractivity contribution in [3.05, 3.63) is 89.7 Å². The van der Waals surface area contributed by atoms with Crippen LogP contribution in [-0.4, -0.2) is 28.8 Å². The van der Waals surface area contributed by atoms with E-state index < -0.39 is 17.9 Å². The van der Waals surface area contributed by atoms with Crippen molar-refractivity contribution in [1.82, 2.24) is 15.8 Å². The van der Waals surface area contributed by atoms with E-state index >= 15 is 0 Å². The molecule has 0 spiro atoms. The first-order valence-electron chi connectivity index (χ1n) is 9.27. The smallest absolute Gasteiger partial charge is 0.288 e. The first-order chi connectivity index (χ1) is 14.6. The molecule has 1 unspecified atom stereocenters. The van der Waals surface area contributed by atoms with E-state index in [1.807, 2.05) is 24.3 Å². The molecular weight excluding hydrogens is 384 g/mol. The van der Waals surface area contributed by atoms with E-state index in [1.54, 1.807) is 30.3 Å². The molecule has 1 aliphatic rings. The highest BCUT2D eigenvalue weighted by molar-refractivity contribution is 6.00. The molecule has 8 heteroatoms. The Bertz CT molecular complexity index is 1080. The number of nitrogens with zero attached hydrogens (tertiary/aromatic N) is 1. The second-order valence-electron chi connectivity index (χ2n) is 6.61. The molecule has 2 aromatic carbocycles. The number of benzene rings is 2. The summed E-state index contributed by atoms with van der Waals surface area (Å²) >= 11 is 0. The molecule has 0 bridgehead atoms. The van der Waals surface area contributed by atoms with Crippen LogP contribution in [0.25, 0.3) is 0 Å². The van der Waals surface area contributed by atoms with Gasteiger partial charge in [-0.05, 0) is 42.0 Å². The number of hydrazine groups is 1. The maximum absolute atomic E-state index is 12.5. The maximum atomic E-state index is 12.5. The molecule has 4 rings (SSSR count). The van der Waals surface area contributed by atoms with Gasteiger partial charge in [0.25, 0.3) is 17.7 Å². The van der Waals surface area contributed by atoms with Crippen LogP contribution in [0.15, 0.2) is 72.9 Å². The quantitative estimate of drug-likeness (QED) is 0.579. The topological polar surface area (TPSA) is 109 Å². The Kier molecular flexibility index (Phi) is 5.38. The Labute approximate surface area is 172 Å². The van der Waals surface area contributed by atoms with Gasteiger partial charge in [-0.3, -0.25) is 30.2 Å². The van der Waals surface area contributed by atoms with Crippen LogP contribution in [0.4, 0.5) is 5.69 Å². The number of carbonyl (C=O) groups is 3. The van der Waals surface area contributed by atoms with E-state index in [0.717, 1.165) is 5.56 Å². The number of hydrogen-bond acceptors (Lipinski definition) is 5. The number of anilines is 1. The first-order valence-corrected chi connectivity index (χ1v) is 9.27. The monoisotopic (exact) mass is 402 g/mol. The predicted octanol–water partition coefficient (Wildman–Crippen LogP) is 2.10. The molecule has 1 aromatic heterocycles. The number of carbonyl (C=O) groups excluding carboxylic acids is 3. The van der Waals surface area contributed by atoms with Gasteiger partial charge in [0.1, 0.15) is 11.4 Å². The number of fused-ring (bicyclic) bond motifs is 1. The molecule has 2 heterocycles. The van der Waals surface area contributed by atoms with Gasteiger partial charge in [0.15, 0.2) is 6.10 Å². The van der Waals surface area contributed by atoms with Gasteiger partial charge in [-0.25, -0.2) is 0 Å². The van der Waals surface area contributed by atoms with E-state index in [2.05, 4.69) is 21.2 Å². The number of amides is 3. The average molecular weight is 402 g/mol. The van der Waals surface area contributed by atoms with Crippen LogP contribution < -0.4 is 20.9 Å². The number of rotatable bonds is 4. The molecule has 150 valence electrons. The zero-order chi connectivity index (χ0) is 20.9. The molecule has 0 radical (unpaired) electrons. The summed E-state index contributed by atoms with van der Waals surface area (Å²) in [6.45, 7) is 0. The summed E-state index contributed by atoms with van der Waals surface area (Å²) in [4.78, 5) is 40.8. The maximum Gasteiger partial charge on any atom is 0.288 e. The summed E-state index contributed by atoms with van der Waals surface area (Å²) in [7, 11) is 0. The SMILES string of the molecule is O=C(NNC(=O)c1ccccn1)c1cccc(NC(=O)C2Cc3ccccc3O2)c1. The lowest BCUT2D eigenvalue weighted by Gasteiger charge is -2.12.